The molecule has 0 spiro atoms. The summed E-state index contributed by atoms with van der Waals surface area (Å²) in [5, 5.41) is 14.3. The zero-order valence-corrected chi connectivity index (χ0v) is 10.1. The molecule has 1 aliphatic carbocycles. The molecule has 1 heterocycles. The molecule has 2 rings (SSSR count). The molecular weight excluding hydrogens is 236 g/mol. The van der Waals surface area contributed by atoms with Gasteiger partial charge in [0, 0.05) is 12.5 Å². The summed E-state index contributed by atoms with van der Waals surface area (Å²) in [4.78, 5) is 34.3. The summed E-state index contributed by atoms with van der Waals surface area (Å²) in [6.07, 6.45) is 3.04. The van der Waals surface area contributed by atoms with Gasteiger partial charge in [0.2, 0.25) is 11.8 Å². The SMILES string of the molecule is O=C(O)C1CCC(C(=O)NC2CCCNC2=O)C1. The highest BCUT2D eigenvalue weighted by Gasteiger charge is 2.35. The van der Waals surface area contributed by atoms with Gasteiger partial charge in [-0.3, -0.25) is 14.4 Å². The average Bonchev–Trinajstić information content (AvgIpc) is 2.81. The number of aliphatic carboxylic acids is 1. The summed E-state index contributed by atoms with van der Waals surface area (Å²) in [5.41, 5.74) is 0. The first kappa shape index (κ1) is 12.9. The van der Waals surface area contributed by atoms with E-state index in [1.165, 1.54) is 0 Å². The second-order valence-electron chi connectivity index (χ2n) is 5.04. The van der Waals surface area contributed by atoms with Gasteiger partial charge in [0.05, 0.1) is 5.92 Å². The van der Waals surface area contributed by atoms with Gasteiger partial charge in [-0.25, -0.2) is 0 Å². The Morgan fingerprint density at radius 3 is 2.56 bits per heavy atom. The number of carboxylic acid groups (broad SMARTS) is 1. The number of carboxylic acids is 1. The molecule has 1 saturated heterocycles. The van der Waals surface area contributed by atoms with Crippen LogP contribution < -0.4 is 10.6 Å². The van der Waals surface area contributed by atoms with E-state index in [-0.39, 0.29) is 17.7 Å². The van der Waals surface area contributed by atoms with Crippen molar-refractivity contribution in [2.75, 3.05) is 6.54 Å². The second-order valence-corrected chi connectivity index (χ2v) is 5.04. The molecule has 0 aromatic rings. The Labute approximate surface area is 105 Å². The normalized spacial score (nSPS) is 31.8. The maximum Gasteiger partial charge on any atom is 0.306 e. The number of rotatable bonds is 3. The average molecular weight is 254 g/mol. The monoisotopic (exact) mass is 254 g/mol. The van der Waals surface area contributed by atoms with E-state index < -0.39 is 17.9 Å². The van der Waals surface area contributed by atoms with Crippen LogP contribution in [-0.4, -0.2) is 35.5 Å². The Balaban J connectivity index is 1.85. The van der Waals surface area contributed by atoms with E-state index in [0.717, 1.165) is 6.42 Å². The summed E-state index contributed by atoms with van der Waals surface area (Å²) >= 11 is 0. The molecule has 1 aliphatic heterocycles. The van der Waals surface area contributed by atoms with Gasteiger partial charge in [-0.15, -0.1) is 0 Å². The standard InChI is InChI=1S/C12H18N2O4/c15-10(7-3-4-8(6-7)12(17)18)14-9-2-1-5-13-11(9)16/h7-9H,1-6H2,(H,13,16)(H,14,15)(H,17,18). The molecule has 3 unspecified atom stereocenters. The van der Waals surface area contributed by atoms with Crippen LogP contribution in [0.4, 0.5) is 0 Å². The van der Waals surface area contributed by atoms with E-state index in [1.54, 1.807) is 0 Å². The smallest absolute Gasteiger partial charge is 0.306 e. The molecule has 2 aliphatic rings. The van der Waals surface area contributed by atoms with Crippen LogP contribution in [0.25, 0.3) is 0 Å². The number of amides is 2. The Kier molecular flexibility index (Phi) is 3.84. The first-order valence-electron chi connectivity index (χ1n) is 6.39. The zero-order valence-electron chi connectivity index (χ0n) is 10.1. The first-order valence-corrected chi connectivity index (χ1v) is 6.39. The lowest BCUT2D eigenvalue weighted by Crippen LogP contribution is -2.51. The van der Waals surface area contributed by atoms with Gasteiger partial charge >= 0.3 is 5.97 Å². The van der Waals surface area contributed by atoms with E-state index in [4.69, 9.17) is 5.11 Å². The van der Waals surface area contributed by atoms with Crippen LogP contribution in [0.2, 0.25) is 0 Å². The van der Waals surface area contributed by atoms with Crippen molar-refractivity contribution in [1.82, 2.24) is 10.6 Å². The van der Waals surface area contributed by atoms with Crippen LogP contribution >= 0.6 is 0 Å². The fourth-order valence-corrected chi connectivity index (χ4v) is 2.64. The van der Waals surface area contributed by atoms with E-state index >= 15 is 0 Å². The number of nitrogens with one attached hydrogen (secondary N) is 2. The number of carbonyl (C=O) groups excluding carboxylic acids is 2. The van der Waals surface area contributed by atoms with Crippen LogP contribution in [0, 0.1) is 11.8 Å². The van der Waals surface area contributed by atoms with E-state index in [0.29, 0.717) is 32.2 Å². The highest BCUT2D eigenvalue weighted by atomic mass is 16.4. The first-order chi connectivity index (χ1) is 8.58. The lowest BCUT2D eigenvalue weighted by Gasteiger charge is -2.24. The molecule has 6 heteroatoms. The third-order valence-corrected chi connectivity index (χ3v) is 3.75. The van der Waals surface area contributed by atoms with E-state index in [9.17, 15) is 14.4 Å². The minimum atomic E-state index is -0.833. The maximum absolute atomic E-state index is 11.9. The zero-order chi connectivity index (χ0) is 13.1. The Bertz CT molecular complexity index is 369. The fourth-order valence-electron chi connectivity index (χ4n) is 2.64. The number of piperidine rings is 1. The largest absolute Gasteiger partial charge is 0.481 e. The molecule has 2 fully saturated rings. The quantitative estimate of drug-likeness (QED) is 0.654. The van der Waals surface area contributed by atoms with E-state index in [2.05, 4.69) is 10.6 Å². The third-order valence-electron chi connectivity index (χ3n) is 3.75. The van der Waals surface area contributed by atoms with Crippen molar-refractivity contribution in [2.45, 2.75) is 38.1 Å². The van der Waals surface area contributed by atoms with Crippen LogP contribution in [0.5, 0.6) is 0 Å². The molecule has 3 N–H and O–H groups in total. The van der Waals surface area contributed by atoms with Crippen molar-refractivity contribution in [3.8, 4) is 0 Å². The van der Waals surface area contributed by atoms with Gasteiger partial charge in [-0.2, -0.15) is 0 Å². The number of hydrogen-bond acceptors (Lipinski definition) is 3. The molecule has 2 amide bonds. The third kappa shape index (κ3) is 2.80. The van der Waals surface area contributed by atoms with Crippen LogP contribution in [0.15, 0.2) is 0 Å². The van der Waals surface area contributed by atoms with Crippen LogP contribution in [0.1, 0.15) is 32.1 Å². The molecule has 0 aromatic carbocycles. The van der Waals surface area contributed by atoms with Gasteiger partial charge in [0.25, 0.3) is 0 Å². The number of carbonyl (C=O) groups is 3. The molecule has 100 valence electrons. The highest BCUT2D eigenvalue weighted by molar-refractivity contribution is 5.89. The second kappa shape index (κ2) is 5.37. The minimum Gasteiger partial charge on any atom is -0.481 e. The summed E-state index contributed by atoms with van der Waals surface area (Å²) < 4.78 is 0. The van der Waals surface area contributed by atoms with E-state index in [1.807, 2.05) is 0 Å². The summed E-state index contributed by atoms with van der Waals surface area (Å²) in [7, 11) is 0. The molecule has 3 atom stereocenters. The maximum atomic E-state index is 11.9. The van der Waals surface area contributed by atoms with Crippen molar-refractivity contribution in [1.29, 1.82) is 0 Å². The molecule has 0 radical (unpaired) electrons. The van der Waals surface area contributed by atoms with Crippen LogP contribution in [-0.2, 0) is 14.4 Å². The molecule has 1 saturated carbocycles. The van der Waals surface area contributed by atoms with Gasteiger partial charge in [-0.05, 0) is 32.1 Å². The van der Waals surface area contributed by atoms with Crippen molar-refractivity contribution >= 4 is 17.8 Å². The summed E-state index contributed by atoms with van der Waals surface area (Å²) in [6, 6.07) is -0.449. The van der Waals surface area contributed by atoms with Crippen molar-refractivity contribution < 1.29 is 19.5 Å². The predicted molar refractivity (Wildman–Crippen MR) is 62.6 cm³/mol. The molecule has 0 aromatic heterocycles. The van der Waals surface area contributed by atoms with Gasteiger partial charge < -0.3 is 15.7 Å². The van der Waals surface area contributed by atoms with Gasteiger partial charge in [-0.1, -0.05) is 0 Å². The van der Waals surface area contributed by atoms with Crippen molar-refractivity contribution in [3.05, 3.63) is 0 Å². The predicted octanol–water partition coefficient (Wildman–Crippen LogP) is -0.118. The van der Waals surface area contributed by atoms with Crippen molar-refractivity contribution in [2.24, 2.45) is 11.8 Å². The summed E-state index contributed by atoms with van der Waals surface area (Å²) in [5.74, 6) is -1.83. The Morgan fingerprint density at radius 1 is 1.22 bits per heavy atom. The topological polar surface area (TPSA) is 95.5 Å². The molecular formula is C12H18N2O4. The Morgan fingerprint density at radius 2 is 1.94 bits per heavy atom. The minimum absolute atomic E-state index is 0.137. The van der Waals surface area contributed by atoms with Gasteiger partial charge in [0.15, 0.2) is 0 Å². The Hall–Kier alpha value is -1.59. The summed E-state index contributed by atoms with van der Waals surface area (Å²) in [6.45, 7) is 0.662. The highest BCUT2D eigenvalue weighted by Crippen LogP contribution is 2.31. The lowest BCUT2D eigenvalue weighted by atomic mass is 10.0. The lowest BCUT2D eigenvalue weighted by molar-refractivity contribution is -0.141. The fraction of sp³-hybridized carbons (Fsp3) is 0.750. The van der Waals surface area contributed by atoms with Crippen LogP contribution in [0.3, 0.4) is 0 Å². The van der Waals surface area contributed by atoms with Crippen molar-refractivity contribution in [3.63, 3.8) is 0 Å². The molecule has 18 heavy (non-hydrogen) atoms. The molecule has 6 nitrogen and oxygen atoms in total. The number of hydrogen-bond donors (Lipinski definition) is 3. The van der Waals surface area contributed by atoms with Gasteiger partial charge in [0.1, 0.15) is 6.04 Å². The molecule has 0 bridgehead atoms.